The molecule has 2 atom stereocenters. The van der Waals surface area contributed by atoms with E-state index in [1.54, 1.807) is 11.0 Å². The molecule has 2 amide bonds. The van der Waals surface area contributed by atoms with Gasteiger partial charge in [0.25, 0.3) is 0 Å². The largest absolute Gasteiger partial charge is 0.419 e. The normalized spacial score (nSPS) is 21.1. The summed E-state index contributed by atoms with van der Waals surface area (Å²) in [4.78, 5) is 21.6. The van der Waals surface area contributed by atoms with E-state index in [1.165, 1.54) is 6.20 Å². The van der Waals surface area contributed by atoms with Crippen molar-refractivity contribution in [1.29, 1.82) is 0 Å². The number of aromatic nitrogens is 2. The van der Waals surface area contributed by atoms with Crippen LogP contribution in [0.15, 0.2) is 24.5 Å². The van der Waals surface area contributed by atoms with E-state index >= 15 is 0 Å². The summed E-state index contributed by atoms with van der Waals surface area (Å²) in [5, 5.41) is 1.94. The van der Waals surface area contributed by atoms with Crippen LogP contribution in [0.1, 0.15) is 35.6 Å². The number of amides is 2. The lowest BCUT2D eigenvalue weighted by Crippen LogP contribution is -2.44. The molecule has 2 aliphatic heterocycles. The highest BCUT2D eigenvalue weighted by Crippen LogP contribution is 2.44. The van der Waals surface area contributed by atoms with Gasteiger partial charge in [-0.25, -0.2) is 14.8 Å². The number of hydrogen-bond donors (Lipinski definition) is 1. The van der Waals surface area contributed by atoms with Crippen LogP contribution in [0.4, 0.5) is 28.2 Å². The molecule has 4 heterocycles. The molecule has 0 saturated carbocycles. The minimum atomic E-state index is -4.62. The summed E-state index contributed by atoms with van der Waals surface area (Å²) in [7, 11) is 0. The van der Waals surface area contributed by atoms with Crippen LogP contribution < -0.4 is 5.32 Å². The molecule has 0 radical (unpaired) electrons. The molecule has 0 aliphatic carbocycles. The van der Waals surface area contributed by atoms with E-state index in [9.17, 15) is 22.4 Å². The van der Waals surface area contributed by atoms with Gasteiger partial charge in [0.2, 0.25) is 5.95 Å². The van der Waals surface area contributed by atoms with Crippen LogP contribution >= 0.6 is 11.6 Å². The molecule has 1 fully saturated rings. The van der Waals surface area contributed by atoms with Gasteiger partial charge in [-0.15, -0.1) is 0 Å². The fourth-order valence-corrected chi connectivity index (χ4v) is 4.07. The van der Waals surface area contributed by atoms with Crippen molar-refractivity contribution in [3.8, 4) is 0 Å². The van der Waals surface area contributed by atoms with Crippen LogP contribution in [0.25, 0.3) is 0 Å². The number of nitrogens with one attached hydrogen (secondary N) is 1. The van der Waals surface area contributed by atoms with Crippen LogP contribution in [0, 0.1) is 5.95 Å². The summed E-state index contributed by atoms with van der Waals surface area (Å²) in [6, 6.07) is 1.64. The maximum absolute atomic E-state index is 14.0. The fourth-order valence-electron chi connectivity index (χ4n) is 3.81. The molecule has 10 heteroatoms. The second kappa shape index (κ2) is 6.33. The van der Waals surface area contributed by atoms with E-state index in [0.29, 0.717) is 36.6 Å². The Hall–Kier alpha value is -2.42. The summed E-state index contributed by atoms with van der Waals surface area (Å²) < 4.78 is 52.2. The molecule has 27 heavy (non-hydrogen) atoms. The lowest BCUT2D eigenvalue weighted by Gasteiger charge is -2.36. The van der Waals surface area contributed by atoms with Crippen molar-refractivity contribution >= 4 is 23.4 Å². The molecule has 2 bridgehead atoms. The van der Waals surface area contributed by atoms with Gasteiger partial charge in [0.05, 0.1) is 16.6 Å². The molecule has 5 nitrogen and oxygen atoms in total. The number of rotatable bonds is 1. The molecular weight excluding hydrogens is 388 g/mol. The summed E-state index contributed by atoms with van der Waals surface area (Å²) in [5.74, 6) is -0.607. The number of alkyl halides is 3. The lowest BCUT2D eigenvalue weighted by atomic mass is 9.95. The van der Waals surface area contributed by atoms with E-state index in [0.717, 1.165) is 6.07 Å². The van der Waals surface area contributed by atoms with Crippen LogP contribution in [-0.4, -0.2) is 26.9 Å². The summed E-state index contributed by atoms with van der Waals surface area (Å²) in [5.41, 5.74) is 0.159. The monoisotopic (exact) mass is 400 g/mol. The highest BCUT2D eigenvalue weighted by molar-refractivity contribution is 6.31. The van der Waals surface area contributed by atoms with Gasteiger partial charge in [0, 0.05) is 30.1 Å². The predicted octanol–water partition coefficient (Wildman–Crippen LogP) is 4.58. The molecule has 2 aromatic heterocycles. The van der Waals surface area contributed by atoms with Gasteiger partial charge in [-0.3, -0.25) is 5.32 Å². The van der Waals surface area contributed by atoms with Crippen LogP contribution in [0.3, 0.4) is 0 Å². The zero-order chi connectivity index (χ0) is 19.3. The molecule has 4 rings (SSSR count). The molecule has 1 N–H and O–H groups in total. The van der Waals surface area contributed by atoms with E-state index in [2.05, 4.69) is 15.3 Å². The highest BCUT2D eigenvalue weighted by atomic mass is 35.5. The van der Waals surface area contributed by atoms with E-state index in [-0.39, 0.29) is 17.9 Å². The molecule has 2 aromatic rings. The second-order valence-electron chi connectivity index (χ2n) is 6.51. The van der Waals surface area contributed by atoms with Crippen molar-refractivity contribution < 1.29 is 22.4 Å². The zero-order valence-corrected chi connectivity index (χ0v) is 14.5. The number of carbonyl (C=O) groups is 1. The topological polar surface area (TPSA) is 58.1 Å². The maximum atomic E-state index is 14.0. The standard InChI is InChI=1S/C17H13ClF4N4O/c18-12-6-14(24-7-11(12)17(20,21)22)25-16(27)26-8-1-2-13(26)9-3-4-23-15(19)10(9)5-8/h3-4,6-8,13H,1-2,5H2,(H,24,25,27)/t8-,13+/m0/s1. The Balaban J connectivity index is 1.57. The first-order valence-corrected chi connectivity index (χ1v) is 8.59. The zero-order valence-electron chi connectivity index (χ0n) is 13.7. The Morgan fingerprint density at radius 1 is 1.30 bits per heavy atom. The third-order valence-electron chi connectivity index (χ3n) is 4.97. The van der Waals surface area contributed by atoms with Gasteiger partial charge >= 0.3 is 12.2 Å². The molecule has 0 spiro atoms. The smallest absolute Gasteiger partial charge is 0.314 e. The minimum absolute atomic E-state index is 0.0795. The fraction of sp³-hybridized carbons (Fsp3) is 0.353. The van der Waals surface area contributed by atoms with Gasteiger partial charge in [0.1, 0.15) is 5.82 Å². The van der Waals surface area contributed by atoms with Gasteiger partial charge in [-0.1, -0.05) is 11.6 Å². The van der Waals surface area contributed by atoms with Crippen molar-refractivity contribution in [1.82, 2.24) is 14.9 Å². The minimum Gasteiger partial charge on any atom is -0.314 e. The molecular formula is C17H13ClF4N4O. The quantitative estimate of drug-likeness (QED) is 0.563. The van der Waals surface area contributed by atoms with Crippen molar-refractivity contribution in [3.63, 3.8) is 0 Å². The van der Waals surface area contributed by atoms with Crippen LogP contribution in [0.2, 0.25) is 5.02 Å². The second-order valence-corrected chi connectivity index (χ2v) is 6.91. The first kappa shape index (κ1) is 18.0. The first-order chi connectivity index (χ1) is 12.8. The Labute approximate surface area is 156 Å². The molecule has 142 valence electrons. The van der Waals surface area contributed by atoms with E-state index in [4.69, 9.17) is 11.6 Å². The Morgan fingerprint density at radius 2 is 2.07 bits per heavy atom. The number of nitrogens with zero attached hydrogens (tertiary/aromatic N) is 3. The van der Waals surface area contributed by atoms with Crippen molar-refractivity contribution in [2.75, 3.05) is 5.32 Å². The average molecular weight is 401 g/mol. The number of hydrogen-bond acceptors (Lipinski definition) is 3. The average Bonchev–Trinajstić information content (AvgIpc) is 2.90. The summed E-state index contributed by atoms with van der Waals surface area (Å²) >= 11 is 5.66. The maximum Gasteiger partial charge on any atom is 0.419 e. The third kappa shape index (κ3) is 3.09. The number of carbonyl (C=O) groups excluding carboxylic acids is 1. The highest BCUT2D eigenvalue weighted by Gasteiger charge is 2.44. The summed E-state index contributed by atoms with van der Waals surface area (Å²) in [6.45, 7) is 0. The Bertz CT molecular complexity index is 920. The number of halogens is 5. The Morgan fingerprint density at radius 3 is 2.78 bits per heavy atom. The van der Waals surface area contributed by atoms with Crippen molar-refractivity contribution in [3.05, 3.63) is 52.2 Å². The lowest BCUT2D eigenvalue weighted by molar-refractivity contribution is -0.137. The van der Waals surface area contributed by atoms with Crippen LogP contribution in [-0.2, 0) is 12.6 Å². The number of urea groups is 1. The summed E-state index contributed by atoms with van der Waals surface area (Å²) in [6.07, 6.45) is -0.955. The predicted molar refractivity (Wildman–Crippen MR) is 88.8 cm³/mol. The molecule has 2 aliphatic rings. The molecule has 0 unspecified atom stereocenters. The van der Waals surface area contributed by atoms with Crippen molar-refractivity contribution in [2.45, 2.75) is 37.5 Å². The van der Waals surface area contributed by atoms with Crippen LogP contribution in [0.5, 0.6) is 0 Å². The van der Waals surface area contributed by atoms with Gasteiger partial charge in [-0.2, -0.15) is 17.6 Å². The Kier molecular flexibility index (Phi) is 4.21. The van der Waals surface area contributed by atoms with Gasteiger partial charge in [0.15, 0.2) is 0 Å². The number of pyridine rings is 2. The van der Waals surface area contributed by atoms with Gasteiger partial charge < -0.3 is 4.90 Å². The molecule has 1 saturated heterocycles. The van der Waals surface area contributed by atoms with Gasteiger partial charge in [-0.05, 0) is 30.9 Å². The SMILES string of the molecule is O=C(Nc1cc(Cl)c(C(F)(F)F)cn1)N1[C@H]2CC[C@@H]1c1ccnc(F)c1C2. The third-order valence-corrected chi connectivity index (χ3v) is 5.28. The number of fused-ring (bicyclic) bond motifs is 4. The first-order valence-electron chi connectivity index (χ1n) is 8.21. The van der Waals surface area contributed by atoms with E-state index in [1.807, 2.05) is 0 Å². The van der Waals surface area contributed by atoms with Crippen molar-refractivity contribution in [2.24, 2.45) is 0 Å². The van der Waals surface area contributed by atoms with E-state index < -0.39 is 28.7 Å². The molecule has 0 aromatic carbocycles. The number of anilines is 1.